The lowest BCUT2D eigenvalue weighted by molar-refractivity contribution is -0.0629. The normalized spacial score (nSPS) is 31.2. The van der Waals surface area contributed by atoms with E-state index in [-0.39, 0.29) is 22.4 Å². The van der Waals surface area contributed by atoms with Crippen LogP contribution in [0.4, 0.5) is 0 Å². The van der Waals surface area contributed by atoms with Crippen molar-refractivity contribution in [1.29, 1.82) is 0 Å². The second-order valence-corrected chi connectivity index (χ2v) is 9.17. The van der Waals surface area contributed by atoms with E-state index < -0.39 is 0 Å². The van der Waals surface area contributed by atoms with Crippen LogP contribution in [0.3, 0.4) is 0 Å². The SMILES string of the molecule is CN(CC12CC3CC(CC(C3)C1)C2)C(=O)c1ccc(-c2ccco2)[nH]c1=O. The predicted octanol–water partition coefficient (Wildman–Crippen LogP) is 3.92. The molecular formula is C22H26N2O3. The van der Waals surface area contributed by atoms with Gasteiger partial charge in [-0.05, 0) is 86.0 Å². The number of aromatic amines is 1. The van der Waals surface area contributed by atoms with Crippen LogP contribution in [0.2, 0.25) is 0 Å². The summed E-state index contributed by atoms with van der Waals surface area (Å²) >= 11 is 0. The van der Waals surface area contributed by atoms with Crippen molar-refractivity contribution in [3.63, 3.8) is 0 Å². The van der Waals surface area contributed by atoms with Gasteiger partial charge < -0.3 is 14.3 Å². The van der Waals surface area contributed by atoms with Gasteiger partial charge in [-0.3, -0.25) is 9.59 Å². The zero-order valence-electron chi connectivity index (χ0n) is 15.7. The number of H-pyrrole nitrogens is 1. The molecule has 6 rings (SSSR count). The molecule has 1 N–H and O–H groups in total. The lowest BCUT2D eigenvalue weighted by atomic mass is 9.49. The van der Waals surface area contributed by atoms with Gasteiger partial charge in [-0.25, -0.2) is 0 Å². The highest BCUT2D eigenvalue weighted by Gasteiger charge is 2.51. The number of carbonyl (C=O) groups is 1. The van der Waals surface area contributed by atoms with E-state index in [1.165, 1.54) is 38.5 Å². The fraction of sp³-hybridized carbons (Fsp3) is 0.545. The molecule has 1 amide bonds. The van der Waals surface area contributed by atoms with Crippen molar-refractivity contribution >= 4 is 5.91 Å². The number of rotatable bonds is 4. The molecule has 27 heavy (non-hydrogen) atoms. The third-order valence-corrected chi connectivity index (χ3v) is 7.01. The summed E-state index contributed by atoms with van der Waals surface area (Å²) in [6, 6.07) is 6.92. The molecule has 4 bridgehead atoms. The number of aromatic nitrogens is 1. The highest BCUT2D eigenvalue weighted by molar-refractivity contribution is 5.93. The van der Waals surface area contributed by atoms with Gasteiger partial charge in [0, 0.05) is 13.6 Å². The minimum Gasteiger partial charge on any atom is -0.463 e. The molecule has 0 radical (unpaired) electrons. The third kappa shape index (κ3) is 2.93. The van der Waals surface area contributed by atoms with Crippen molar-refractivity contribution in [1.82, 2.24) is 9.88 Å². The number of nitrogens with zero attached hydrogens (tertiary/aromatic N) is 1. The highest BCUT2D eigenvalue weighted by Crippen LogP contribution is 2.60. The molecule has 142 valence electrons. The molecule has 0 aromatic carbocycles. The average Bonchev–Trinajstić information content (AvgIpc) is 3.14. The van der Waals surface area contributed by atoms with Crippen molar-refractivity contribution in [2.24, 2.45) is 23.2 Å². The molecule has 4 saturated carbocycles. The molecule has 2 aromatic heterocycles. The molecule has 4 aliphatic carbocycles. The topological polar surface area (TPSA) is 66.3 Å². The third-order valence-electron chi connectivity index (χ3n) is 7.01. The summed E-state index contributed by atoms with van der Waals surface area (Å²) in [5, 5.41) is 0. The van der Waals surface area contributed by atoms with E-state index in [9.17, 15) is 9.59 Å². The van der Waals surface area contributed by atoms with Gasteiger partial charge in [0.15, 0.2) is 0 Å². The lowest BCUT2D eigenvalue weighted by Gasteiger charge is -2.57. The Labute approximate surface area is 158 Å². The number of carbonyl (C=O) groups excluding carboxylic acids is 1. The molecule has 4 fully saturated rings. The molecule has 2 aromatic rings. The number of hydrogen-bond donors (Lipinski definition) is 1. The molecule has 0 aliphatic heterocycles. The minimum absolute atomic E-state index is 0.182. The van der Waals surface area contributed by atoms with Gasteiger partial charge >= 0.3 is 0 Å². The Morgan fingerprint density at radius 1 is 1.15 bits per heavy atom. The van der Waals surface area contributed by atoms with Crippen LogP contribution in [0.5, 0.6) is 0 Å². The molecular weight excluding hydrogens is 340 g/mol. The van der Waals surface area contributed by atoms with Crippen LogP contribution in [0.15, 0.2) is 39.7 Å². The van der Waals surface area contributed by atoms with Gasteiger partial charge in [0.2, 0.25) is 0 Å². The maximum atomic E-state index is 13.0. The van der Waals surface area contributed by atoms with Crippen LogP contribution in [0.1, 0.15) is 48.9 Å². The smallest absolute Gasteiger partial charge is 0.261 e. The van der Waals surface area contributed by atoms with Gasteiger partial charge in [-0.2, -0.15) is 0 Å². The van der Waals surface area contributed by atoms with Crippen LogP contribution in [-0.2, 0) is 0 Å². The first-order valence-corrected chi connectivity index (χ1v) is 10.0. The number of pyridine rings is 1. The Hall–Kier alpha value is -2.30. The summed E-state index contributed by atoms with van der Waals surface area (Å²) in [7, 11) is 1.85. The van der Waals surface area contributed by atoms with Crippen molar-refractivity contribution in [3.8, 4) is 11.5 Å². The largest absolute Gasteiger partial charge is 0.463 e. The number of amides is 1. The van der Waals surface area contributed by atoms with Crippen molar-refractivity contribution < 1.29 is 9.21 Å². The number of nitrogens with one attached hydrogen (secondary N) is 1. The molecule has 0 atom stereocenters. The standard InChI is InChI=1S/C22H26N2O3/c1-24(13-22-10-14-7-15(11-22)9-16(8-14)12-22)21(26)17-4-5-18(23-20(17)25)19-3-2-6-27-19/h2-6,14-16H,7-13H2,1H3,(H,23,25). The van der Waals surface area contributed by atoms with Gasteiger partial charge in [-0.15, -0.1) is 0 Å². The molecule has 0 spiro atoms. The fourth-order valence-corrected chi connectivity index (χ4v) is 6.48. The van der Waals surface area contributed by atoms with Crippen LogP contribution < -0.4 is 5.56 Å². The first kappa shape index (κ1) is 16.8. The molecule has 0 saturated heterocycles. The van der Waals surface area contributed by atoms with Gasteiger partial charge in [-0.1, -0.05) is 0 Å². The van der Waals surface area contributed by atoms with Gasteiger partial charge in [0.25, 0.3) is 11.5 Å². The maximum Gasteiger partial charge on any atom is 0.261 e. The highest BCUT2D eigenvalue weighted by atomic mass is 16.3. The zero-order valence-corrected chi connectivity index (χ0v) is 15.7. The predicted molar refractivity (Wildman–Crippen MR) is 102 cm³/mol. The number of hydrogen-bond acceptors (Lipinski definition) is 3. The van der Waals surface area contributed by atoms with E-state index in [0.29, 0.717) is 11.5 Å². The summed E-state index contributed by atoms with van der Waals surface area (Å²) in [6.45, 7) is 0.773. The fourth-order valence-electron chi connectivity index (χ4n) is 6.48. The Balaban J connectivity index is 1.34. The van der Waals surface area contributed by atoms with Crippen LogP contribution in [-0.4, -0.2) is 29.4 Å². The van der Waals surface area contributed by atoms with Gasteiger partial charge in [0.1, 0.15) is 11.3 Å². The van der Waals surface area contributed by atoms with E-state index in [2.05, 4.69) is 4.98 Å². The summed E-state index contributed by atoms with van der Waals surface area (Å²) in [6.07, 6.45) is 9.51. The van der Waals surface area contributed by atoms with Crippen molar-refractivity contribution in [2.75, 3.05) is 13.6 Å². The summed E-state index contributed by atoms with van der Waals surface area (Å²) in [4.78, 5) is 30.0. The van der Waals surface area contributed by atoms with Crippen LogP contribution in [0.25, 0.3) is 11.5 Å². The Morgan fingerprint density at radius 2 is 1.81 bits per heavy atom. The van der Waals surface area contributed by atoms with Crippen molar-refractivity contribution in [2.45, 2.75) is 38.5 Å². The summed E-state index contributed by atoms with van der Waals surface area (Å²) in [5.41, 5.74) is 0.717. The quantitative estimate of drug-likeness (QED) is 0.892. The average molecular weight is 366 g/mol. The molecule has 2 heterocycles. The molecule has 4 aliphatic rings. The summed E-state index contributed by atoms with van der Waals surface area (Å²) < 4.78 is 5.32. The second-order valence-electron chi connectivity index (χ2n) is 9.17. The van der Waals surface area contributed by atoms with E-state index in [1.807, 2.05) is 7.05 Å². The number of furan rings is 1. The lowest BCUT2D eigenvalue weighted by Crippen LogP contribution is -2.51. The van der Waals surface area contributed by atoms with E-state index in [0.717, 1.165) is 24.3 Å². The molecule has 0 unspecified atom stereocenters. The van der Waals surface area contributed by atoms with E-state index in [1.54, 1.807) is 35.4 Å². The van der Waals surface area contributed by atoms with Gasteiger partial charge in [0.05, 0.1) is 12.0 Å². The Morgan fingerprint density at radius 3 is 2.37 bits per heavy atom. The maximum absolute atomic E-state index is 13.0. The van der Waals surface area contributed by atoms with Crippen LogP contribution >= 0.6 is 0 Å². The molecule has 5 heteroatoms. The molecule has 5 nitrogen and oxygen atoms in total. The first-order valence-electron chi connectivity index (χ1n) is 10.0. The Kier molecular flexibility index (Phi) is 3.81. The van der Waals surface area contributed by atoms with Crippen LogP contribution in [0, 0.1) is 23.2 Å². The first-order chi connectivity index (χ1) is 13.0. The second kappa shape index (κ2) is 6.11. The monoisotopic (exact) mass is 366 g/mol. The van der Waals surface area contributed by atoms with Crippen molar-refractivity contribution in [3.05, 3.63) is 46.4 Å². The zero-order chi connectivity index (χ0) is 18.6. The van der Waals surface area contributed by atoms with E-state index >= 15 is 0 Å². The minimum atomic E-state index is -0.355. The summed E-state index contributed by atoms with van der Waals surface area (Å²) in [5.74, 6) is 2.98. The van der Waals surface area contributed by atoms with E-state index in [4.69, 9.17) is 4.42 Å². The Bertz CT molecular complexity index is 877.